The van der Waals surface area contributed by atoms with Gasteiger partial charge in [-0.3, -0.25) is 0 Å². The van der Waals surface area contributed by atoms with Crippen LogP contribution in [0.15, 0.2) is 42.7 Å². The molecule has 0 fully saturated rings. The Labute approximate surface area is 93.2 Å². The third kappa shape index (κ3) is 2.09. The molecule has 3 heteroatoms. The molecule has 1 aromatic carbocycles. The first-order valence-corrected chi connectivity index (χ1v) is 4.15. The third-order valence-electron chi connectivity index (χ3n) is 2.00. The lowest BCUT2D eigenvalue weighted by molar-refractivity contribution is -0.683. The van der Waals surface area contributed by atoms with E-state index in [2.05, 4.69) is 12.1 Å². The van der Waals surface area contributed by atoms with E-state index in [9.17, 15) is 0 Å². The minimum absolute atomic E-state index is 0. The molecular formula is C11H9BrN2. The van der Waals surface area contributed by atoms with E-state index < -0.39 is 0 Å². The average molecular weight is 249 g/mol. The number of hydrogen-bond acceptors (Lipinski definition) is 1. The number of rotatable bonds is 1. The van der Waals surface area contributed by atoms with Crippen LogP contribution in [0.4, 0.5) is 0 Å². The SMILES string of the molecule is N#CC[n+]1ccc2ccccc2c1.[Br-]. The fourth-order valence-electron chi connectivity index (χ4n) is 1.36. The van der Waals surface area contributed by atoms with Gasteiger partial charge in [-0.25, -0.2) is 0 Å². The lowest BCUT2D eigenvalue weighted by atomic mass is 10.2. The predicted molar refractivity (Wildman–Crippen MR) is 49.8 cm³/mol. The Bertz CT molecular complexity index is 474. The van der Waals surface area contributed by atoms with Crippen LogP contribution in [0.25, 0.3) is 10.8 Å². The van der Waals surface area contributed by atoms with Gasteiger partial charge in [0.05, 0.1) is 0 Å². The molecule has 2 nitrogen and oxygen atoms in total. The van der Waals surface area contributed by atoms with Crippen LogP contribution in [0.2, 0.25) is 0 Å². The minimum Gasteiger partial charge on any atom is -1.00 e. The molecule has 1 heterocycles. The summed E-state index contributed by atoms with van der Waals surface area (Å²) in [5.41, 5.74) is 0. The molecule has 0 saturated carbocycles. The van der Waals surface area contributed by atoms with E-state index in [4.69, 9.17) is 5.26 Å². The largest absolute Gasteiger partial charge is 1.00 e. The van der Waals surface area contributed by atoms with Crippen molar-refractivity contribution in [2.24, 2.45) is 0 Å². The van der Waals surface area contributed by atoms with Crippen molar-refractivity contribution in [3.05, 3.63) is 42.7 Å². The molecule has 2 rings (SSSR count). The first-order valence-electron chi connectivity index (χ1n) is 4.15. The summed E-state index contributed by atoms with van der Waals surface area (Å²) in [6, 6.07) is 12.2. The molecule has 0 bridgehead atoms. The maximum atomic E-state index is 8.52. The smallest absolute Gasteiger partial charge is 0.233 e. The number of aromatic nitrogens is 1. The van der Waals surface area contributed by atoms with Crippen molar-refractivity contribution in [2.45, 2.75) is 6.54 Å². The Hall–Kier alpha value is -1.40. The second kappa shape index (κ2) is 4.73. The summed E-state index contributed by atoms with van der Waals surface area (Å²) in [4.78, 5) is 0. The molecule has 0 N–H and O–H groups in total. The van der Waals surface area contributed by atoms with Crippen LogP contribution in [0.3, 0.4) is 0 Å². The van der Waals surface area contributed by atoms with Crippen molar-refractivity contribution in [1.82, 2.24) is 0 Å². The monoisotopic (exact) mass is 248 g/mol. The van der Waals surface area contributed by atoms with Gasteiger partial charge in [0, 0.05) is 11.5 Å². The van der Waals surface area contributed by atoms with Gasteiger partial charge in [-0.2, -0.15) is 9.83 Å². The Morgan fingerprint density at radius 1 is 1.14 bits per heavy atom. The minimum atomic E-state index is 0. The first-order chi connectivity index (χ1) is 6.40. The molecule has 0 amide bonds. The molecule has 0 radical (unpaired) electrons. The lowest BCUT2D eigenvalue weighted by Crippen LogP contribution is -3.00. The van der Waals surface area contributed by atoms with E-state index in [0.717, 1.165) is 0 Å². The normalized spacial score (nSPS) is 9.07. The second-order valence-electron chi connectivity index (χ2n) is 2.90. The van der Waals surface area contributed by atoms with Crippen LogP contribution in [-0.4, -0.2) is 0 Å². The summed E-state index contributed by atoms with van der Waals surface area (Å²) in [7, 11) is 0. The predicted octanol–water partition coefficient (Wildman–Crippen LogP) is -1.35. The van der Waals surface area contributed by atoms with E-state index in [0.29, 0.717) is 6.54 Å². The van der Waals surface area contributed by atoms with Crippen molar-refractivity contribution < 1.29 is 21.5 Å². The highest BCUT2D eigenvalue weighted by Crippen LogP contribution is 2.09. The summed E-state index contributed by atoms with van der Waals surface area (Å²) >= 11 is 0. The zero-order chi connectivity index (χ0) is 9.10. The summed E-state index contributed by atoms with van der Waals surface area (Å²) in [5, 5.41) is 10.9. The van der Waals surface area contributed by atoms with Crippen molar-refractivity contribution in [1.29, 1.82) is 5.26 Å². The van der Waals surface area contributed by atoms with E-state index >= 15 is 0 Å². The number of benzene rings is 1. The molecule has 0 aliphatic rings. The highest BCUT2D eigenvalue weighted by molar-refractivity contribution is 5.80. The second-order valence-corrected chi connectivity index (χ2v) is 2.90. The lowest BCUT2D eigenvalue weighted by Gasteiger charge is -1.94. The van der Waals surface area contributed by atoms with Crippen LogP contribution in [0.1, 0.15) is 0 Å². The van der Waals surface area contributed by atoms with Gasteiger partial charge >= 0.3 is 0 Å². The molecular weight excluding hydrogens is 240 g/mol. The van der Waals surface area contributed by atoms with E-state index in [-0.39, 0.29) is 17.0 Å². The third-order valence-corrected chi connectivity index (χ3v) is 2.00. The van der Waals surface area contributed by atoms with Gasteiger partial charge in [-0.05, 0) is 11.5 Å². The first kappa shape index (κ1) is 10.7. The average Bonchev–Trinajstić information content (AvgIpc) is 2.18. The fourth-order valence-corrected chi connectivity index (χ4v) is 1.36. The Morgan fingerprint density at radius 2 is 1.86 bits per heavy atom. The number of nitrogens with zero attached hydrogens (tertiary/aromatic N) is 2. The number of pyridine rings is 1. The van der Waals surface area contributed by atoms with Gasteiger partial charge in [0.2, 0.25) is 6.54 Å². The van der Waals surface area contributed by atoms with Crippen molar-refractivity contribution in [3.63, 3.8) is 0 Å². The van der Waals surface area contributed by atoms with Crippen LogP contribution >= 0.6 is 0 Å². The van der Waals surface area contributed by atoms with Crippen LogP contribution in [-0.2, 0) is 6.54 Å². The molecule has 1 aromatic heterocycles. The van der Waals surface area contributed by atoms with Crippen molar-refractivity contribution in [3.8, 4) is 6.07 Å². The summed E-state index contributed by atoms with van der Waals surface area (Å²) < 4.78 is 1.88. The zero-order valence-corrected chi connectivity index (χ0v) is 9.11. The van der Waals surface area contributed by atoms with Gasteiger partial charge in [0.1, 0.15) is 6.07 Å². The van der Waals surface area contributed by atoms with E-state index in [1.807, 2.05) is 41.2 Å². The molecule has 2 aromatic rings. The summed E-state index contributed by atoms with van der Waals surface area (Å²) in [6.45, 7) is 0.408. The topological polar surface area (TPSA) is 27.7 Å². The number of halogens is 1. The summed E-state index contributed by atoms with van der Waals surface area (Å²) in [5.74, 6) is 0. The standard InChI is InChI=1S/C11H9N2.BrH/c12-6-8-13-7-5-10-3-1-2-4-11(10)9-13;/h1-5,7,9H,8H2;1H/q+1;/p-1. The van der Waals surface area contributed by atoms with Gasteiger partial charge in [0.25, 0.3) is 0 Å². The maximum absolute atomic E-state index is 8.52. The number of fused-ring (bicyclic) bond motifs is 1. The Morgan fingerprint density at radius 3 is 2.57 bits per heavy atom. The molecule has 0 atom stereocenters. The highest BCUT2D eigenvalue weighted by atomic mass is 79.9. The number of hydrogen-bond donors (Lipinski definition) is 0. The highest BCUT2D eigenvalue weighted by Gasteiger charge is 1.99. The van der Waals surface area contributed by atoms with Crippen LogP contribution in [0.5, 0.6) is 0 Å². The molecule has 70 valence electrons. The van der Waals surface area contributed by atoms with E-state index in [1.165, 1.54) is 10.8 Å². The quantitative estimate of drug-likeness (QED) is 0.574. The maximum Gasteiger partial charge on any atom is 0.233 e. The van der Waals surface area contributed by atoms with Crippen molar-refractivity contribution >= 4 is 10.8 Å². The van der Waals surface area contributed by atoms with Gasteiger partial charge in [-0.1, -0.05) is 18.2 Å². The van der Waals surface area contributed by atoms with Crippen molar-refractivity contribution in [2.75, 3.05) is 0 Å². The van der Waals surface area contributed by atoms with Gasteiger partial charge in [-0.15, -0.1) is 0 Å². The molecule has 0 aliphatic carbocycles. The Balaban J connectivity index is 0.000000980. The fraction of sp³-hybridized carbons (Fsp3) is 0.0909. The zero-order valence-electron chi connectivity index (χ0n) is 7.52. The molecule has 14 heavy (non-hydrogen) atoms. The number of nitriles is 1. The molecule has 0 saturated heterocycles. The van der Waals surface area contributed by atoms with Gasteiger partial charge < -0.3 is 17.0 Å². The van der Waals surface area contributed by atoms with Crippen LogP contribution < -0.4 is 21.5 Å². The molecule has 0 aliphatic heterocycles. The summed E-state index contributed by atoms with van der Waals surface area (Å²) in [6.07, 6.45) is 3.91. The van der Waals surface area contributed by atoms with Gasteiger partial charge in [0.15, 0.2) is 12.4 Å². The Kier molecular flexibility index (Phi) is 3.61. The van der Waals surface area contributed by atoms with Crippen LogP contribution in [0, 0.1) is 11.3 Å². The molecule has 0 unspecified atom stereocenters. The van der Waals surface area contributed by atoms with E-state index in [1.54, 1.807) is 0 Å². The molecule has 0 spiro atoms.